The van der Waals surface area contributed by atoms with Crippen LogP contribution in [-0.2, 0) is 6.54 Å². The van der Waals surface area contributed by atoms with Crippen LogP contribution in [-0.4, -0.2) is 34.1 Å². The standard InChI is InChI=1S/C27H24N4O3S/c1-33-22-11-12-24-25(18-22)35-27(29-24)31(15-6-14-30-16-13-28-19-30)26(32)20-7-5-10-23(17-20)34-21-8-3-2-4-9-21/h2-5,7-13,16-19H,6,14-15H2,1H3. The molecule has 0 fully saturated rings. The quantitative estimate of drug-likeness (QED) is 0.255. The van der Waals surface area contributed by atoms with Gasteiger partial charge in [0.05, 0.1) is 23.7 Å². The highest BCUT2D eigenvalue weighted by Gasteiger charge is 2.22. The third-order valence-corrected chi connectivity index (χ3v) is 6.52. The molecule has 0 aliphatic heterocycles. The van der Waals surface area contributed by atoms with Crippen molar-refractivity contribution >= 4 is 32.6 Å². The smallest absolute Gasteiger partial charge is 0.260 e. The SMILES string of the molecule is COc1ccc2nc(N(CCCn3ccnc3)C(=O)c3cccc(Oc4ccccc4)c3)sc2c1. The lowest BCUT2D eigenvalue weighted by Crippen LogP contribution is -2.32. The molecule has 0 spiro atoms. The molecule has 7 nitrogen and oxygen atoms in total. The second-order valence-electron chi connectivity index (χ2n) is 7.88. The molecule has 0 aliphatic carbocycles. The van der Waals surface area contributed by atoms with Gasteiger partial charge in [-0.1, -0.05) is 35.6 Å². The summed E-state index contributed by atoms with van der Waals surface area (Å²) in [5, 5.41) is 0.651. The molecule has 8 heteroatoms. The van der Waals surface area contributed by atoms with Gasteiger partial charge in [-0.15, -0.1) is 0 Å². The highest BCUT2D eigenvalue weighted by molar-refractivity contribution is 7.22. The first-order chi connectivity index (χ1) is 17.2. The summed E-state index contributed by atoms with van der Waals surface area (Å²) in [6, 6.07) is 22.5. The van der Waals surface area contributed by atoms with Gasteiger partial charge in [-0.3, -0.25) is 9.69 Å². The molecule has 0 saturated carbocycles. The van der Waals surface area contributed by atoms with Crippen molar-refractivity contribution in [2.75, 3.05) is 18.6 Å². The number of imidazole rings is 1. The number of aromatic nitrogens is 3. The van der Waals surface area contributed by atoms with E-state index in [1.54, 1.807) is 36.7 Å². The Morgan fingerprint density at radius 3 is 2.66 bits per heavy atom. The molecule has 3 aromatic carbocycles. The third kappa shape index (κ3) is 5.33. The van der Waals surface area contributed by atoms with Gasteiger partial charge in [-0.05, 0) is 55.0 Å². The van der Waals surface area contributed by atoms with Crippen LogP contribution >= 0.6 is 11.3 Å². The Bertz CT molecular complexity index is 1420. The fourth-order valence-electron chi connectivity index (χ4n) is 3.72. The lowest BCUT2D eigenvalue weighted by atomic mass is 10.2. The van der Waals surface area contributed by atoms with Gasteiger partial charge >= 0.3 is 0 Å². The van der Waals surface area contributed by atoms with Crippen LogP contribution in [0.5, 0.6) is 17.2 Å². The van der Waals surface area contributed by atoms with E-state index in [2.05, 4.69) is 4.98 Å². The number of methoxy groups -OCH3 is 1. The van der Waals surface area contributed by atoms with E-state index in [9.17, 15) is 4.79 Å². The van der Waals surface area contributed by atoms with Gasteiger partial charge in [-0.25, -0.2) is 9.97 Å². The predicted octanol–water partition coefficient (Wildman–Crippen LogP) is 6.03. The number of rotatable bonds is 9. The number of benzene rings is 3. The summed E-state index contributed by atoms with van der Waals surface area (Å²) in [7, 11) is 1.64. The molecule has 5 rings (SSSR count). The summed E-state index contributed by atoms with van der Waals surface area (Å²) in [5.74, 6) is 1.96. The molecule has 0 unspecified atom stereocenters. The Morgan fingerprint density at radius 2 is 1.86 bits per heavy atom. The zero-order chi connectivity index (χ0) is 24.0. The topological polar surface area (TPSA) is 69.5 Å². The predicted molar refractivity (Wildman–Crippen MR) is 138 cm³/mol. The number of amides is 1. The molecule has 5 aromatic rings. The number of thiazole rings is 1. The Labute approximate surface area is 207 Å². The van der Waals surface area contributed by atoms with Gasteiger partial charge in [0, 0.05) is 31.0 Å². The molecular weight excluding hydrogens is 460 g/mol. The second-order valence-corrected chi connectivity index (χ2v) is 8.89. The summed E-state index contributed by atoms with van der Waals surface area (Å²) >= 11 is 1.48. The fourth-order valence-corrected chi connectivity index (χ4v) is 4.74. The number of ether oxygens (including phenoxy) is 2. The van der Waals surface area contributed by atoms with Crippen LogP contribution in [0.2, 0.25) is 0 Å². The van der Waals surface area contributed by atoms with Gasteiger partial charge in [0.2, 0.25) is 0 Å². The first-order valence-electron chi connectivity index (χ1n) is 11.2. The highest BCUT2D eigenvalue weighted by atomic mass is 32.1. The molecule has 0 N–H and O–H groups in total. The van der Waals surface area contributed by atoms with Crippen molar-refractivity contribution in [3.63, 3.8) is 0 Å². The molecule has 176 valence electrons. The van der Waals surface area contributed by atoms with Crippen LogP contribution in [0.4, 0.5) is 5.13 Å². The summed E-state index contributed by atoms with van der Waals surface area (Å²) in [6.45, 7) is 1.26. The zero-order valence-corrected chi connectivity index (χ0v) is 20.0. The van der Waals surface area contributed by atoms with Gasteiger partial charge in [0.25, 0.3) is 5.91 Å². The van der Waals surface area contributed by atoms with E-state index in [-0.39, 0.29) is 5.91 Å². The van der Waals surface area contributed by atoms with E-state index >= 15 is 0 Å². The number of anilines is 1. The number of carbonyl (C=O) groups excluding carboxylic acids is 1. The number of hydrogen-bond donors (Lipinski definition) is 0. The second kappa shape index (κ2) is 10.4. The Kier molecular flexibility index (Phi) is 6.72. The molecule has 2 heterocycles. The number of nitrogens with zero attached hydrogens (tertiary/aromatic N) is 4. The summed E-state index contributed by atoms with van der Waals surface area (Å²) in [5.41, 5.74) is 1.37. The van der Waals surface area contributed by atoms with Crippen LogP contribution < -0.4 is 14.4 Å². The molecule has 0 radical (unpaired) electrons. The van der Waals surface area contributed by atoms with Crippen molar-refractivity contribution in [2.45, 2.75) is 13.0 Å². The fraction of sp³-hybridized carbons (Fsp3) is 0.148. The van der Waals surface area contributed by atoms with Gasteiger partial charge < -0.3 is 14.0 Å². The summed E-state index contributed by atoms with van der Waals surface area (Å²) in [6.07, 6.45) is 6.20. The maximum absolute atomic E-state index is 13.7. The van der Waals surface area contributed by atoms with Crippen molar-refractivity contribution in [1.29, 1.82) is 0 Å². The normalized spacial score (nSPS) is 10.9. The summed E-state index contributed by atoms with van der Waals surface area (Å²) in [4.78, 5) is 24.3. The van der Waals surface area contributed by atoms with Crippen LogP contribution in [0.15, 0.2) is 91.5 Å². The Hall–Kier alpha value is -4.17. The maximum Gasteiger partial charge on any atom is 0.260 e. The van der Waals surface area contributed by atoms with E-state index in [0.717, 1.165) is 34.7 Å². The highest BCUT2D eigenvalue weighted by Crippen LogP contribution is 2.33. The van der Waals surface area contributed by atoms with Gasteiger partial charge in [0.15, 0.2) is 5.13 Å². The van der Waals surface area contributed by atoms with Crippen LogP contribution in [0, 0.1) is 0 Å². The van der Waals surface area contributed by atoms with E-state index in [0.29, 0.717) is 23.0 Å². The summed E-state index contributed by atoms with van der Waals surface area (Å²) < 4.78 is 14.3. The van der Waals surface area contributed by atoms with Crippen molar-refractivity contribution < 1.29 is 14.3 Å². The maximum atomic E-state index is 13.7. The molecule has 1 amide bonds. The minimum atomic E-state index is -0.125. The average Bonchev–Trinajstić information content (AvgIpc) is 3.56. The molecule has 0 bridgehead atoms. The molecular formula is C27H24N4O3S. The lowest BCUT2D eigenvalue weighted by Gasteiger charge is -2.20. The number of para-hydroxylation sites is 1. The van der Waals surface area contributed by atoms with Crippen molar-refractivity contribution in [2.24, 2.45) is 0 Å². The Morgan fingerprint density at radius 1 is 1.00 bits per heavy atom. The van der Waals surface area contributed by atoms with Crippen LogP contribution in [0.25, 0.3) is 10.2 Å². The monoisotopic (exact) mass is 484 g/mol. The van der Waals surface area contributed by atoms with Gasteiger partial charge in [-0.2, -0.15) is 0 Å². The number of aryl methyl sites for hydroxylation is 1. The molecule has 35 heavy (non-hydrogen) atoms. The number of carbonyl (C=O) groups is 1. The molecule has 2 aromatic heterocycles. The van der Waals surface area contributed by atoms with Crippen LogP contribution in [0.1, 0.15) is 16.8 Å². The molecule has 0 atom stereocenters. The number of hydrogen-bond acceptors (Lipinski definition) is 6. The van der Waals surface area contributed by atoms with E-state index in [1.807, 2.05) is 71.4 Å². The van der Waals surface area contributed by atoms with Crippen molar-refractivity contribution in [3.05, 3.63) is 97.1 Å². The lowest BCUT2D eigenvalue weighted by molar-refractivity contribution is 0.0986. The van der Waals surface area contributed by atoms with E-state index < -0.39 is 0 Å². The largest absolute Gasteiger partial charge is 0.497 e. The molecule has 0 saturated heterocycles. The minimum Gasteiger partial charge on any atom is -0.497 e. The van der Waals surface area contributed by atoms with Crippen LogP contribution in [0.3, 0.4) is 0 Å². The Balaban J connectivity index is 1.42. The number of fused-ring (bicyclic) bond motifs is 1. The molecule has 0 aliphatic rings. The first-order valence-corrected chi connectivity index (χ1v) is 12.1. The van der Waals surface area contributed by atoms with Gasteiger partial charge in [0.1, 0.15) is 17.2 Å². The third-order valence-electron chi connectivity index (χ3n) is 5.48. The van der Waals surface area contributed by atoms with Crippen molar-refractivity contribution in [3.8, 4) is 17.2 Å². The van der Waals surface area contributed by atoms with Crippen molar-refractivity contribution in [1.82, 2.24) is 14.5 Å². The minimum absolute atomic E-state index is 0.125. The van der Waals surface area contributed by atoms with E-state index in [1.165, 1.54) is 11.3 Å². The first kappa shape index (κ1) is 22.6. The zero-order valence-electron chi connectivity index (χ0n) is 19.2. The average molecular weight is 485 g/mol. The van der Waals surface area contributed by atoms with E-state index in [4.69, 9.17) is 14.5 Å².